The predicted molar refractivity (Wildman–Crippen MR) is 93.2 cm³/mol. The van der Waals surface area contributed by atoms with E-state index in [-0.39, 0.29) is 11.5 Å². The lowest BCUT2D eigenvalue weighted by Crippen LogP contribution is -2.47. The molecule has 7 heteroatoms. The largest absolute Gasteiger partial charge is 0.341 e. The molecule has 0 aliphatic carbocycles. The van der Waals surface area contributed by atoms with Crippen LogP contribution in [0.15, 0.2) is 4.79 Å². The lowest BCUT2D eigenvalue weighted by molar-refractivity contribution is -0.131. The Bertz CT molecular complexity index is 836. The van der Waals surface area contributed by atoms with E-state index in [1.165, 1.54) is 0 Å². The molecule has 3 heterocycles. The highest BCUT2D eigenvalue weighted by Gasteiger charge is 2.24. The van der Waals surface area contributed by atoms with E-state index in [2.05, 4.69) is 15.4 Å². The molecule has 130 valence electrons. The third-order valence-corrected chi connectivity index (χ3v) is 5.09. The van der Waals surface area contributed by atoms with Crippen molar-refractivity contribution >= 4 is 16.9 Å². The second-order valence-corrected chi connectivity index (χ2v) is 6.64. The van der Waals surface area contributed by atoms with Crippen molar-refractivity contribution in [1.82, 2.24) is 25.0 Å². The van der Waals surface area contributed by atoms with Gasteiger partial charge in [-0.25, -0.2) is 4.98 Å². The first kappa shape index (κ1) is 16.7. The number of likely N-dealkylation sites (N-methyl/N-ethyl adjacent to an activating group) is 1. The van der Waals surface area contributed by atoms with Crippen LogP contribution in [-0.4, -0.2) is 51.8 Å². The average molecular weight is 331 g/mol. The van der Waals surface area contributed by atoms with E-state index in [1.54, 1.807) is 11.7 Å². The Kier molecular flexibility index (Phi) is 4.45. The lowest BCUT2D eigenvalue weighted by atomic mass is 10.00. The lowest BCUT2D eigenvalue weighted by Gasteiger charge is -2.32. The summed E-state index contributed by atoms with van der Waals surface area (Å²) in [5.41, 5.74) is 3.02. The first-order valence-corrected chi connectivity index (χ1v) is 8.42. The molecule has 0 bridgehead atoms. The molecule has 3 rings (SSSR count). The van der Waals surface area contributed by atoms with Gasteiger partial charge in [0.25, 0.3) is 5.56 Å². The minimum atomic E-state index is -0.153. The van der Waals surface area contributed by atoms with Gasteiger partial charge in [-0.15, -0.1) is 0 Å². The molecule has 0 radical (unpaired) electrons. The topological polar surface area (TPSA) is 83.0 Å². The molecule has 0 aromatic carbocycles. The monoisotopic (exact) mass is 331 g/mol. The molecule has 24 heavy (non-hydrogen) atoms. The number of nitrogens with zero attached hydrogens (tertiary/aromatic N) is 3. The predicted octanol–water partition coefficient (Wildman–Crippen LogP) is 0.631. The van der Waals surface area contributed by atoms with Crippen LogP contribution in [0, 0.1) is 13.8 Å². The molecule has 1 saturated heterocycles. The number of aromatic nitrogens is 3. The van der Waals surface area contributed by atoms with Crippen LogP contribution >= 0.6 is 0 Å². The van der Waals surface area contributed by atoms with Crippen molar-refractivity contribution in [2.24, 2.45) is 7.05 Å². The number of piperidine rings is 1. The summed E-state index contributed by atoms with van der Waals surface area (Å²) in [5, 5.41) is 6.57. The summed E-state index contributed by atoms with van der Waals surface area (Å²) in [7, 11) is 3.71. The van der Waals surface area contributed by atoms with Crippen LogP contribution in [0.25, 0.3) is 11.0 Å². The molecule has 1 unspecified atom stereocenters. The molecule has 1 amide bonds. The van der Waals surface area contributed by atoms with Crippen LogP contribution in [-0.2, 0) is 18.3 Å². The van der Waals surface area contributed by atoms with Gasteiger partial charge in [-0.1, -0.05) is 0 Å². The van der Waals surface area contributed by atoms with Crippen molar-refractivity contribution in [3.8, 4) is 0 Å². The zero-order valence-corrected chi connectivity index (χ0v) is 14.8. The van der Waals surface area contributed by atoms with Gasteiger partial charge in [0.2, 0.25) is 5.91 Å². The Balaban J connectivity index is 1.91. The molecule has 1 fully saturated rings. The van der Waals surface area contributed by atoms with Crippen LogP contribution in [0.2, 0.25) is 0 Å². The molecular weight excluding hydrogens is 306 g/mol. The minimum absolute atomic E-state index is 0.106. The van der Waals surface area contributed by atoms with E-state index in [0.717, 1.165) is 42.8 Å². The van der Waals surface area contributed by atoms with E-state index in [1.807, 2.05) is 25.8 Å². The Labute approximate surface area is 141 Å². The highest BCUT2D eigenvalue weighted by atomic mass is 16.2. The fourth-order valence-electron chi connectivity index (χ4n) is 3.61. The smallest absolute Gasteiger partial charge is 0.273 e. The number of rotatable bonds is 3. The van der Waals surface area contributed by atoms with Crippen molar-refractivity contribution in [2.45, 2.75) is 39.2 Å². The number of nitrogens with one attached hydrogen (secondary N) is 2. The number of aryl methyl sites for hydroxylation is 3. The quantitative estimate of drug-likeness (QED) is 0.864. The number of H-pyrrole nitrogens is 1. The molecule has 2 aromatic rings. The fourth-order valence-corrected chi connectivity index (χ4v) is 3.61. The van der Waals surface area contributed by atoms with E-state index >= 15 is 0 Å². The number of amides is 1. The van der Waals surface area contributed by atoms with Crippen molar-refractivity contribution in [1.29, 1.82) is 0 Å². The molecule has 1 aliphatic rings. The Morgan fingerprint density at radius 3 is 2.88 bits per heavy atom. The molecule has 1 atom stereocenters. The number of hydrogen-bond donors (Lipinski definition) is 2. The third kappa shape index (κ3) is 2.84. The van der Waals surface area contributed by atoms with Crippen LogP contribution < -0.4 is 10.9 Å². The average Bonchev–Trinajstić information content (AvgIpc) is 2.85. The van der Waals surface area contributed by atoms with Gasteiger partial charge in [0, 0.05) is 31.9 Å². The van der Waals surface area contributed by atoms with Gasteiger partial charge in [0.1, 0.15) is 0 Å². The molecular formula is C17H25N5O2. The highest BCUT2D eigenvalue weighted by molar-refractivity contribution is 5.84. The number of likely N-dealkylation sites (tertiary alicyclic amines) is 1. The van der Waals surface area contributed by atoms with Gasteiger partial charge in [-0.05, 0) is 44.9 Å². The van der Waals surface area contributed by atoms with Gasteiger partial charge in [-0.3, -0.25) is 19.4 Å². The van der Waals surface area contributed by atoms with E-state index in [4.69, 9.17) is 0 Å². The SMILES string of the molecule is CNC1CCCN(C(=O)Cc2c(C)nc3c(c2C)c(=O)[nH]n3C)C1. The van der Waals surface area contributed by atoms with Crippen LogP contribution in [0.5, 0.6) is 0 Å². The molecule has 1 aliphatic heterocycles. The zero-order chi connectivity index (χ0) is 17.4. The maximum absolute atomic E-state index is 12.7. The van der Waals surface area contributed by atoms with E-state index < -0.39 is 0 Å². The second kappa shape index (κ2) is 6.39. The number of fused-ring (bicyclic) bond motifs is 1. The summed E-state index contributed by atoms with van der Waals surface area (Å²) < 4.78 is 1.63. The van der Waals surface area contributed by atoms with Crippen molar-refractivity contribution in [3.05, 3.63) is 27.2 Å². The minimum Gasteiger partial charge on any atom is -0.341 e. The fraction of sp³-hybridized carbons (Fsp3) is 0.588. The summed E-state index contributed by atoms with van der Waals surface area (Å²) >= 11 is 0. The highest BCUT2D eigenvalue weighted by Crippen LogP contribution is 2.21. The Morgan fingerprint density at radius 1 is 1.42 bits per heavy atom. The van der Waals surface area contributed by atoms with Gasteiger partial charge in [0.05, 0.1) is 11.8 Å². The van der Waals surface area contributed by atoms with Crippen molar-refractivity contribution < 1.29 is 4.79 Å². The number of aromatic amines is 1. The normalized spacial score (nSPS) is 18.3. The molecule has 2 aromatic heterocycles. The van der Waals surface area contributed by atoms with E-state index in [0.29, 0.717) is 23.5 Å². The summed E-state index contributed by atoms with van der Waals surface area (Å²) in [6.45, 7) is 5.35. The summed E-state index contributed by atoms with van der Waals surface area (Å²) in [4.78, 5) is 31.3. The molecule has 0 spiro atoms. The number of pyridine rings is 1. The first-order valence-electron chi connectivity index (χ1n) is 8.42. The maximum Gasteiger partial charge on any atom is 0.273 e. The molecule has 7 nitrogen and oxygen atoms in total. The number of hydrogen-bond acceptors (Lipinski definition) is 4. The standard InChI is InChI=1S/C17H25N5O2/c1-10-13(8-14(23)22-7-5-6-12(9-22)18-3)11(2)19-16-15(10)17(24)20-21(16)4/h12,18H,5-9H2,1-4H3,(H,20,24). The van der Waals surface area contributed by atoms with E-state index in [9.17, 15) is 9.59 Å². The van der Waals surface area contributed by atoms with Gasteiger partial charge < -0.3 is 10.2 Å². The zero-order valence-electron chi connectivity index (χ0n) is 14.8. The van der Waals surface area contributed by atoms with Crippen molar-refractivity contribution in [3.63, 3.8) is 0 Å². The summed E-state index contributed by atoms with van der Waals surface area (Å²) in [6, 6.07) is 0.363. The van der Waals surface area contributed by atoms with Gasteiger partial charge in [-0.2, -0.15) is 0 Å². The summed E-state index contributed by atoms with van der Waals surface area (Å²) in [5.74, 6) is 0.106. The summed E-state index contributed by atoms with van der Waals surface area (Å²) in [6.07, 6.45) is 2.42. The molecule has 0 saturated carbocycles. The first-order chi connectivity index (χ1) is 11.4. The Hall–Kier alpha value is -2.15. The van der Waals surface area contributed by atoms with Crippen LogP contribution in [0.3, 0.4) is 0 Å². The molecule has 2 N–H and O–H groups in total. The van der Waals surface area contributed by atoms with Gasteiger partial charge in [0.15, 0.2) is 5.65 Å². The van der Waals surface area contributed by atoms with Crippen LogP contribution in [0.1, 0.15) is 29.7 Å². The third-order valence-electron chi connectivity index (χ3n) is 5.09. The van der Waals surface area contributed by atoms with Gasteiger partial charge >= 0.3 is 0 Å². The maximum atomic E-state index is 12.7. The number of carbonyl (C=O) groups is 1. The van der Waals surface area contributed by atoms with Crippen LogP contribution in [0.4, 0.5) is 0 Å². The second-order valence-electron chi connectivity index (χ2n) is 6.64. The Morgan fingerprint density at radius 2 is 2.17 bits per heavy atom. The number of carbonyl (C=O) groups excluding carboxylic acids is 1. The van der Waals surface area contributed by atoms with Crippen molar-refractivity contribution in [2.75, 3.05) is 20.1 Å².